The summed E-state index contributed by atoms with van der Waals surface area (Å²) in [6.07, 6.45) is 0.712. The smallest absolute Gasteiger partial charge is 0.126 e. The van der Waals surface area contributed by atoms with Crippen molar-refractivity contribution in [2.45, 2.75) is 25.8 Å². The van der Waals surface area contributed by atoms with Gasteiger partial charge in [-0.2, -0.15) is 0 Å². The van der Waals surface area contributed by atoms with Crippen LogP contribution in [0.25, 0.3) is 0 Å². The summed E-state index contributed by atoms with van der Waals surface area (Å²) in [5.74, 6) is -0.216. The maximum absolute atomic E-state index is 13.4. The second kappa shape index (κ2) is 4.73. The summed E-state index contributed by atoms with van der Waals surface area (Å²) >= 11 is 0. The largest absolute Gasteiger partial charge is 0.382 e. The zero-order valence-electron chi connectivity index (χ0n) is 9.51. The normalized spacial score (nSPS) is 15.0. The van der Waals surface area contributed by atoms with Crippen molar-refractivity contribution in [1.29, 1.82) is 0 Å². The molecule has 15 heavy (non-hydrogen) atoms. The maximum Gasteiger partial charge on any atom is 0.126 e. The van der Waals surface area contributed by atoms with Crippen LogP contribution in [0.3, 0.4) is 0 Å². The Hall–Kier alpha value is -0.930. The van der Waals surface area contributed by atoms with Gasteiger partial charge in [-0.15, -0.1) is 0 Å². The van der Waals surface area contributed by atoms with Gasteiger partial charge in [0.1, 0.15) is 5.82 Å². The quantitative estimate of drug-likeness (QED) is 0.829. The van der Waals surface area contributed by atoms with Gasteiger partial charge >= 0.3 is 0 Å². The predicted molar refractivity (Wildman–Crippen MR) is 59.2 cm³/mol. The molecule has 2 nitrogen and oxygen atoms in total. The Bertz CT molecular complexity index is 340. The van der Waals surface area contributed by atoms with Crippen molar-refractivity contribution < 1.29 is 9.13 Å². The highest BCUT2D eigenvalue weighted by Gasteiger charge is 2.25. The van der Waals surface area contributed by atoms with Crippen molar-refractivity contribution in [3.05, 3.63) is 35.1 Å². The second-order valence-electron chi connectivity index (χ2n) is 3.91. The van der Waals surface area contributed by atoms with E-state index in [9.17, 15) is 4.39 Å². The minimum atomic E-state index is -0.594. The highest BCUT2D eigenvalue weighted by Crippen LogP contribution is 2.24. The number of aryl methyl sites for hydroxylation is 1. The zero-order valence-corrected chi connectivity index (χ0v) is 9.51. The van der Waals surface area contributed by atoms with Crippen LogP contribution in [0.1, 0.15) is 24.5 Å². The number of hydrogen-bond acceptors (Lipinski definition) is 2. The summed E-state index contributed by atoms with van der Waals surface area (Å²) in [6.45, 7) is 4.10. The number of hydrogen-bond donors (Lipinski definition) is 1. The Kier molecular flexibility index (Phi) is 3.83. The highest BCUT2D eigenvalue weighted by atomic mass is 19.1. The first-order valence-corrected chi connectivity index (χ1v) is 5.08. The van der Waals surface area contributed by atoms with Crippen LogP contribution in [0.15, 0.2) is 18.2 Å². The second-order valence-corrected chi connectivity index (χ2v) is 3.91. The van der Waals surface area contributed by atoms with E-state index in [-0.39, 0.29) is 5.82 Å². The van der Waals surface area contributed by atoms with Crippen molar-refractivity contribution in [3.8, 4) is 0 Å². The number of nitrogens with two attached hydrogens (primary N) is 1. The van der Waals surface area contributed by atoms with Gasteiger partial charge in [-0.25, -0.2) is 4.39 Å². The fourth-order valence-corrected chi connectivity index (χ4v) is 1.55. The third kappa shape index (κ3) is 2.55. The minimum absolute atomic E-state index is 0.216. The van der Waals surface area contributed by atoms with E-state index in [2.05, 4.69) is 0 Å². The van der Waals surface area contributed by atoms with Crippen LogP contribution in [0, 0.1) is 12.7 Å². The molecule has 0 amide bonds. The third-order valence-corrected chi connectivity index (χ3v) is 2.78. The zero-order chi connectivity index (χ0) is 11.5. The fourth-order valence-electron chi connectivity index (χ4n) is 1.55. The van der Waals surface area contributed by atoms with Gasteiger partial charge in [0.25, 0.3) is 0 Å². The molecule has 0 aliphatic rings. The van der Waals surface area contributed by atoms with Crippen LogP contribution >= 0.6 is 0 Å². The van der Waals surface area contributed by atoms with E-state index in [1.165, 1.54) is 6.07 Å². The predicted octanol–water partition coefficient (Wildman–Crippen LogP) is 2.34. The minimum Gasteiger partial charge on any atom is -0.382 e. The van der Waals surface area contributed by atoms with Crippen molar-refractivity contribution in [2.75, 3.05) is 13.7 Å². The van der Waals surface area contributed by atoms with Gasteiger partial charge in [0.15, 0.2) is 0 Å². The molecule has 1 rings (SSSR count). The lowest BCUT2D eigenvalue weighted by Gasteiger charge is -2.28. The van der Waals surface area contributed by atoms with Gasteiger partial charge in [-0.3, -0.25) is 0 Å². The first-order chi connectivity index (χ1) is 7.03. The molecule has 2 N–H and O–H groups in total. The molecular formula is C12H18FNO. The molecule has 0 fully saturated rings. The standard InChI is InChI=1S/C12H18FNO/c1-4-12(14,8-15-3)10-6-5-9(2)11(13)7-10/h5-7H,4,8,14H2,1-3H3. The van der Waals surface area contributed by atoms with Crippen molar-refractivity contribution >= 4 is 0 Å². The van der Waals surface area contributed by atoms with Gasteiger partial charge in [-0.05, 0) is 30.5 Å². The molecule has 0 bridgehead atoms. The first-order valence-electron chi connectivity index (χ1n) is 5.08. The van der Waals surface area contributed by atoms with E-state index in [1.807, 2.05) is 13.0 Å². The van der Waals surface area contributed by atoms with E-state index < -0.39 is 5.54 Å². The van der Waals surface area contributed by atoms with Crippen LogP contribution < -0.4 is 5.73 Å². The van der Waals surface area contributed by atoms with Gasteiger partial charge in [0.05, 0.1) is 12.1 Å². The number of rotatable bonds is 4. The van der Waals surface area contributed by atoms with E-state index in [1.54, 1.807) is 20.1 Å². The molecule has 0 aliphatic heterocycles. The molecule has 1 unspecified atom stereocenters. The summed E-state index contributed by atoms with van der Waals surface area (Å²) in [6, 6.07) is 5.11. The molecule has 1 aromatic rings. The molecule has 84 valence electrons. The Labute approximate surface area is 90.2 Å². The van der Waals surface area contributed by atoms with E-state index >= 15 is 0 Å². The fraction of sp³-hybridized carbons (Fsp3) is 0.500. The van der Waals surface area contributed by atoms with Gasteiger partial charge in [-0.1, -0.05) is 19.1 Å². The van der Waals surface area contributed by atoms with Crippen LogP contribution in [0.5, 0.6) is 0 Å². The van der Waals surface area contributed by atoms with Crippen LogP contribution in [-0.2, 0) is 10.3 Å². The topological polar surface area (TPSA) is 35.2 Å². The highest BCUT2D eigenvalue weighted by molar-refractivity contribution is 5.29. The average molecular weight is 211 g/mol. The molecule has 0 saturated carbocycles. The van der Waals surface area contributed by atoms with E-state index in [0.717, 1.165) is 5.56 Å². The van der Waals surface area contributed by atoms with E-state index in [0.29, 0.717) is 18.6 Å². The summed E-state index contributed by atoms with van der Waals surface area (Å²) in [4.78, 5) is 0. The third-order valence-electron chi connectivity index (χ3n) is 2.78. The van der Waals surface area contributed by atoms with Gasteiger partial charge < -0.3 is 10.5 Å². The molecule has 0 heterocycles. The molecular weight excluding hydrogens is 193 g/mol. The molecule has 0 aliphatic carbocycles. The SMILES string of the molecule is CCC(N)(COC)c1ccc(C)c(F)c1. The van der Waals surface area contributed by atoms with E-state index in [4.69, 9.17) is 10.5 Å². The Morgan fingerprint density at radius 1 is 1.47 bits per heavy atom. The first kappa shape index (κ1) is 12.1. The Balaban J connectivity index is 3.07. The molecule has 0 aromatic heterocycles. The van der Waals surface area contributed by atoms with Crippen LogP contribution in [0.4, 0.5) is 4.39 Å². The molecule has 1 atom stereocenters. The average Bonchev–Trinajstić information content (AvgIpc) is 2.22. The molecule has 1 aromatic carbocycles. The molecule has 0 radical (unpaired) electrons. The van der Waals surface area contributed by atoms with Crippen molar-refractivity contribution in [3.63, 3.8) is 0 Å². The molecule has 0 spiro atoms. The molecule has 0 saturated heterocycles. The van der Waals surface area contributed by atoms with Crippen molar-refractivity contribution in [1.82, 2.24) is 0 Å². The summed E-state index contributed by atoms with van der Waals surface area (Å²) < 4.78 is 18.5. The summed E-state index contributed by atoms with van der Waals surface area (Å²) in [7, 11) is 1.60. The lowest BCUT2D eigenvalue weighted by atomic mass is 9.88. The summed E-state index contributed by atoms with van der Waals surface area (Å²) in [5.41, 5.74) is 6.98. The molecule has 3 heteroatoms. The van der Waals surface area contributed by atoms with Crippen LogP contribution in [0.2, 0.25) is 0 Å². The monoisotopic (exact) mass is 211 g/mol. The Morgan fingerprint density at radius 3 is 2.60 bits per heavy atom. The van der Waals surface area contributed by atoms with Crippen LogP contribution in [-0.4, -0.2) is 13.7 Å². The Morgan fingerprint density at radius 2 is 2.13 bits per heavy atom. The van der Waals surface area contributed by atoms with Crippen molar-refractivity contribution in [2.24, 2.45) is 5.73 Å². The number of methoxy groups -OCH3 is 1. The number of ether oxygens (including phenoxy) is 1. The lowest BCUT2D eigenvalue weighted by molar-refractivity contribution is 0.129. The lowest BCUT2D eigenvalue weighted by Crippen LogP contribution is -2.40. The van der Waals surface area contributed by atoms with Gasteiger partial charge in [0.2, 0.25) is 0 Å². The maximum atomic E-state index is 13.4. The van der Waals surface area contributed by atoms with Gasteiger partial charge in [0, 0.05) is 7.11 Å². The number of benzene rings is 1. The summed E-state index contributed by atoms with van der Waals surface area (Å²) in [5, 5.41) is 0. The number of halogens is 1.